The highest BCUT2D eigenvalue weighted by molar-refractivity contribution is 7.38. The first-order chi connectivity index (χ1) is 14.5. The van der Waals surface area contributed by atoms with Crippen molar-refractivity contribution in [2.45, 2.75) is 111 Å². The SMILES string of the molecule is COC(CN)(CCPCC(OC(C)C)OC(C)C)CCPCC(OC(C)C)OC(C)C. The molecule has 2 N–H and O–H groups in total. The van der Waals surface area contributed by atoms with Gasteiger partial charge in [0.1, 0.15) is 0 Å². The van der Waals surface area contributed by atoms with Gasteiger partial charge in [0.25, 0.3) is 0 Å². The molecule has 2 unspecified atom stereocenters. The van der Waals surface area contributed by atoms with Gasteiger partial charge < -0.3 is 29.4 Å². The van der Waals surface area contributed by atoms with Gasteiger partial charge in [0.05, 0.1) is 30.0 Å². The van der Waals surface area contributed by atoms with E-state index < -0.39 is 0 Å². The maximum atomic E-state index is 6.15. The van der Waals surface area contributed by atoms with Crippen LogP contribution in [0.4, 0.5) is 0 Å². The molecule has 0 amide bonds. The van der Waals surface area contributed by atoms with E-state index in [4.69, 9.17) is 29.4 Å². The third-order valence-electron chi connectivity index (χ3n) is 4.64. The number of hydrogen-bond acceptors (Lipinski definition) is 6. The average Bonchev–Trinajstić information content (AvgIpc) is 2.65. The van der Waals surface area contributed by atoms with E-state index in [-0.39, 0.29) is 42.6 Å². The van der Waals surface area contributed by atoms with Crippen LogP contribution in [0.15, 0.2) is 0 Å². The zero-order chi connectivity index (χ0) is 23.9. The van der Waals surface area contributed by atoms with E-state index in [1.165, 1.54) is 0 Å². The predicted octanol–water partition coefficient (Wildman–Crippen LogP) is 4.82. The summed E-state index contributed by atoms with van der Waals surface area (Å²) < 4.78 is 29.6. The van der Waals surface area contributed by atoms with Crippen LogP contribution in [0.5, 0.6) is 0 Å². The van der Waals surface area contributed by atoms with Gasteiger partial charge in [0, 0.05) is 26.0 Å². The van der Waals surface area contributed by atoms with Gasteiger partial charge in [0.15, 0.2) is 12.6 Å². The minimum Gasteiger partial charge on any atom is -0.377 e. The van der Waals surface area contributed by atoms with Gasteiger partial charge in [-0.15, -0.1) is 17.2 Å². The van der Waals surface area contributed by atoms with Crippen molar-refractivity contribution < 1.29 is 23.7 Å². The number of nitrogens with two attached hydrogens (primary N) is 1. The van der Waals surface area contributed by atoms with Gasteiger partial charge in [-0.3, -0.25) is 0 Å². The lowest BCUT2D eigenvalue weighted by molar-refractivity contribution is -0.167. The Hall–Kier alpha value is 0.620. The van der Waals surface area contributed by atoms with E-state index in [1.54, 1.807) is 7.11 Å². The fourth-order valence-electron chi connectivity index (χ4n) is 3.16. The summed E-state index contributed by atoms with van der Waals surface area (Å²) in [6.07, 6.45) is 6.32. The molecule has 6 nitrogen and oxygen atoms in total. The van der Waals surface area contributed by atoms with Crippen molar-refractivity contribution in [2.75, 3.05) is 38.3 Å². The number of ether oxygens (including phenoxy) is 5. The van der Waals surface area contributed by atoms with Crippen molar-refractivity contribution in [1.29, 1.82) is 0 Å². The molecule has 0 bridgehead atoms. The molecular weight excluding hydrogens is 432 g/mol. The normalized spacial score (nSPS) is 15.5. The van der Waals surface area contributed by atoms with Crippen molar-refractivity contribution >= 4 is 17.2 Å². The highest BCUT2D eigenvalue weighted by Gasteiger charge is 2.28. The third kappa shape index (κ3) is 16.8. The quantitative estimate of drug-likeness (QED) is 0.152. The van der Waals surface area contributed by atoms with E-state index in [0.29, 0.717) is 6.54 Å². The third-order valence-corrected chi connectivity index (χ3v) is 7.09. The molecule has 0 rings (SSSR count). The molecule has 8 heteroatoms. The first-order valence-electron chi connectivity index (χ1n) is 11.8. The summed E-state index contributed by atoms with van der Waals surface area (Å²) >= 11 is 0. The Balaban J connectivity index is 4.46. The maximum absolute atomic E-state index is 6.15. The van der Waals surface area contributed by atoms with E-state index in [9.17, 15) is 0 Å². The Morgan fingerprint density at radius 2 is 0.968 bits per heavy atom. The van der Waals surface area contributed by atoms with Gasteiger partial charge in [-0.05, 0) is 80.6 Å². The van der Waals surface area contributed by atoms with E-state index in [0.717, 1.165) is 54.7 Å². The van der Waals surface area contributed by atoms with Gasteiger partial charge >= 0.3 is 0 Å². The number of methoxy groups -OCH3 is 1. The van der Waals surface area contributed by atoms with Gasteiger partial charge in [-0.1, -0.05) is 0 Å². The molecule has 0 aliphatic rings. The largest absolute Gasteiger partial charge is 0.377 e. The molecule has 0 radical (unpaired) electrons. The van der Waals surface area contributed by atoms with Gasteiger partial charge in [-0.2, -0.15) is 0 Å². The summed E-state index contributed by atoms with van der Waals surface area (Å²) in [4.78, 5) is 0. The average molecular weight is 484 g/mol. The van der Waals surface area contributed by atoms with E-state index >= 15 is 0 Å². The van der Waals surface area contributed by atoms with Gasteiger partial charge in [-0.25, -0.2) is 0 Å². The summed E-state index contributed by atoms with van der Waals surface area (Å²) in [5.74, 6) is 0. The summed E-state index contributed by atoms with van der Waals surface area (Å²) in [7, 11) is 3.32. The molecule has 2 atom stereocenters. The van der Waals surface area contributed by atoms with Crippen molar-refractivity contribution in [1.82, 2.24) is 0 Å². The van der Waals surface area contributed by atoms with Crippen LogP contribution in [0.25, 0.3) is 0 Å². The predicted molar refractivity (Wildman–Crippen MR) is 137 cm³/mol. The molecule has 0 spiro atoms. The van der Waals surface area contributed by atoms with Crippen LogP contribution in [0.3, 0.4) is 0 Å². The van der Waals surface area contributed by atoms with E-state index in [2.05, 4.69) is 0 Å². The summed E-state index contributed by atoms with van der Waals surface area (Å²) in [5.41, 5.74) is 5.90. The topological polar surface area (TPSA) is 72.2 Å². The maximum Gasteiger partial charge on any atom is 0.161 e. The molecule has 0 heterocycles. The lowest BCUT2D eigenvalue weighted by atomic mass is 9.97. The Labute approximate surface area is 196 Å². The van der Waals surface area contributed by atoms with Crippen LogP contribution >= 0.6 is 17.2 Å². The fourth-order valence-corrected chi connectivity index (χ4v) is 5.69. The lowest BCUT2D eigenvalue weighted by Crippen LogP contribution is -2.41. The zero-order valence-corrected chi connectivity index (χ0v) is 23.5. The smallest absolute Gasteiger partial charge is 0.161 e. The fraction of sp³-hybridized carbons (Fsp3) is 1.00. The number of rotatable bonds is 20. The second-order valence-electron chi connectivity index (χ2n) is 9.10. The lowest BCUT2D eigenvalue weighted by Gasteiger charge is -2.32. The van der Waals surface area contributed by atoms with Crippen molar-refractivity contribution in [3.8, 4) is 0 Å². The highest BCUT2D eigenvalue weighted by atomic mass is 31.1. The summed E-state index contributed by atoms with van der Waals surface area (Å²) in [6, 6.07) is 0. The molecule has 188 valence electrons. The molecule has 0 aliphatic carbocycles. The highest BCUT2D eigenvalue weighted by Crippen LogP contribution is 2.29. The zero-order valence-electron chi connectivity index (χ0n) is 21.5. The molecule has 0 saturated heterocycles. The molecule has 0 aromatic carbocycles. The Morgan fingerprint density at radius 3 is 1.19 bits per heavy atom. The summed E-state index contributed by atoms with van der Waals surface area (Å²) in [5, 5.41) is 0. The van der Waals surface area contributed by atoms with Crippen molar-refractivity contribution in [3.05, 3.63) is 0 Å². The Kier molecular flexibility index (Phi) is 18.4. The second-order valence-corrected chi connectivity index (χ2v) is 11.9. The van der Waals surface area contributed by atoms with Gasteiger partial charge in [0.2, 0.25) is 0 Å². The van der Waals surface area contributed by atoms with E-state index in [1.807, 2.05) is 55.4 Å². The molecule has 0 aromatic heterocycles. The standard InChI is InChI=1S/C23H51NO5P2/c1-17(2)26-21(27-18(3)4)14-30-12-10-23(16-24,25-9)11-13-31-15-22(28-19(5)6)29-20(7)8/h17-22,30-31H,10-16,24H2,1-9H3. The molecule has 0 saturated carbocycles. The molecule has 31 heavy (non-hydrogen) atoms. The first kappa shape index (κ1) is 31.6. The van der Waals surface area contributed by atoms with Crippen molar-refractivity contribution in [2.24, 2.45) is 5.73 Å². The van der Waals surface area contributed by atoms with Crippen molar-refractivity contribution in [3.63, 3.8) is 0 Å². The van der Waals surface area contributed by atoms with Crippen LogP contribution in [-0.2, 0) is 23.7 Å². The van der Waals surface area contributed by atoms with Crippen LogP contribution < -0.4 is 5.73 Å². The first-order valence-corrected chi connectivity index (χ1v) is 14.6. The van der Waals surface area contributed by atoms with Crippen LogP contribution in [0.2, 0.25) is 0 Å². The minimum absolute atomic E-state index is 0.131. The van der Waals surface area contributed by atoms with Crippen LogP contribution in [0.1, 0.15) is 68.2 Å². The summed E-state index contributed by atoms with van der Waals surface area (Å²) in [6.45, 7) is 16.9. The molecule has 0 aromatic rings. The molecular formula is C23H51NO5P2. The minimum atomic E-state index is -0.249. The number of hydrogen-bond donors (Lipinski definition) is 1. The Morgan fingerprint density at radius 1 is 0.645 bits per heavy atom. The Bertz CT molecular complexity index is 367. The second kappa shape index (κ2) is 18.0. The van der Waals surface area contributed by atoms with Crippen LogP contribution in [0, 0.1) is 0 Å². The monoisotopic (exact) mass is 483 g/mol. The van der Waals surface area contributed by atoms with Crippen LogP contribution in [-0.4, -0.2) is 80.9 Å². The molecule has 0 fully saturated rings. The molecule has 0 aliphatic heterocycles.